The quantitative estimate of drug-likeness (QED) is 0.312. The average Bonchev–Trinajstić information content (AvgIpc) is 3.56. The molecule has 0 aromatic carbocycles. The lowest BCUT2D eigenvalue weighted by Crippen LogP contribution is -2.06. The molecule has 0 bridgehead atoms. The molecular weight excluding hydrogens is 572 g/mol. The Morgan fingerprint density at radius 1 is 0.824 bits per heavy atom. The van der Waals surface area contributed by atoms with Crippen LogP contribution in [0.4, 0.5) is 0 Å². The lowest BCUT2D eigenvalue weighted by atomic mass is 10.2. The second kappa shape index (κ2) is 11.3. The van der Waals surface area contributed by atoms with Gasteiger partial charge < -0.3 is 19.4 Å². The minimum Gasteiger partial charge on any atom is -0.461 e. The fraction of sp³-hybridized carbons (Fsp3) is 0.273. The molecule has 0 aliphatic carbocycles. The summed E-state index contributed by atoms with van der Waals surface area (Å²) in [5.41, 5.74) is 3.73. The monoisotopic (exact) mass is 594 g/mol. The van der Waals surface area contributed by atoms with Gasteiger partial charge in [0.15, 0.2) is 0 Å². The smallest absolute Gasteiger partial charge is 0.355 e. The summed E-state index contributed by atoms with van der Waals surface area (Å²) in [5, 5.41) is 8.55. The highest BCUT2D eigenvalue weighted by Crippen LogP contribution is 2.31. The van der Waals surface area contributed by atoms with Crippen LogP contribution < -0.4 is 0 Å². The van der Waals surface area contributed by atoms with Gasteiger partial charge in [-0.1, -0.05) is 0 Å². The van der Waals surface area contributed by atoms with Crippen LogP contribution in [0.2, 0.25) is 0 Å². The van der Waals surface area contributed by atoms with Crippen molar-refractivity contribution in [2.75, 3.05) is 13.2 Å². The number of aromatic nitrogens is 6. The van der Waals surface area contributed by atoms with Gasteiger partial charge in [-0.05, 0) is 57.8 Å². The molecule has 0 atom stereocenters. The number of nitrogens with one attached hydrogen (secondary N) is 2. The first kappa shape index (κ1) is 25.5. The lowest BCUT2D eigenvalue weighted by molar-refractivity contribution is 0.0511. The van der Waals surface area contributed by atoms with Gasteiger partial charge in [-0.25, -0.2) is 9.59 Å². The molecule has 4 heterocycles. The number of nitrogens with zero attached hydrogens (tertiary/aromatic N) is 4. The molecular formula is C22H24Br2N6O4. The van der Waals surface area contributed by atoms with Gasteiger partial charge >= 0.3 is 11.9 Å². The molecule has 0 saturated heterocycles. The predicted molar refractivity (Wildman–Crippen MR) is 133 cm³/mol. The highest BCUT2D eigenvalue weighted by atomic mass is 79.9. The predicted octanol–water partition coefficient (Wildman–Crippen LogP) is 4.71. The van der Waals surface area contributed by atoms with Crippen LogP contribution in [-0.4, -0.2) is 54.7 Å². The molecule has 0 spiro atoms. The minimum absolute atomic E-state index is 0.344. The number of halogens is 2. The van der Waals surface area contributed by atoms with Crippen molar-refractivity contribution in [2.24, 2.45) is 14.1 Å². The van der Waals surface area contributed by atoms with Crippen molar-refractivity contribution in [3.63, 3.8) is 0 Å². The van der Waals surface area contributed by atoms with Crippen molar-refractivity contribution in [2.45, 2.75) is 13.8 Å². The van der Waals surface area contributed by atoms with E-state index in [1.54, 1.807) is 35.6 Å². The summed E-state index contributed by atoms with van der Waals surface area (Å²) in [7, 11) is 3.65. The second-order valence-electron chi connectivity index (χ2n) is 6.96. The second-order valence-corrected chi connectivity index (χ2v) is 8.67. The zero-order chi connectivity index (χ0) is 24.8. The van der Waals surface area contributed by atoms with Crippen LogP contribution >= 0.6 is 31.9 Å². The van der Waals surface area contributed by atoms with E-state index >= 15 is 0 Å². The number of hydrogen-bond donors (Lipinski definition) is 2. The summed E-state index contributed by atoms with van der Waals surface area (Å²) in [6, 6.07) is 3.69. The van der Waals surface area contributed by atoms with Crippen LogP contribution in [0, 0.1) is 0 Å². The molecule has 0 fully saturated rings. The van der Waals surface area contributed by atoms with E-state index in [1.165, 1.54) is 0 Å². The van der Waals surface area contributed by atoms with Crippen molar-refractivity contribution < 1.29 is 19.1 Å². The number of ether oxygens (including phenoxy) is 2. The van der Waals surface area contributed by atoms with Crippen molar-refractivity contribution in [3.05, 3.63) is 57.3 Å². The van der Waals surface area contributed by atoms with Crippen molar-refractivity contribution >= 4 is 43.8 Å². The Morgan fingerprint density at radius 2 is 1.21 bits per heavy atom. The van der Waals surface area contributed by atoms with E-state index in [2.05, 4.69) is 52.0 Å². The van der Waals surface area contributed by atoms with Gasteiger partial charge in [-0.2, -0.15) is 10.2 Å². The molecule has 4 aromatic heterocycles. The largest absolute Gasteiger partial charge is 0.461 e. The van der Waals surface area contributed by atoms with E-state index in [0.717, 1.165) is 31.5 Å². The van der Waals surface area contributed by atoms with Crippen LogP contribution in [0.1, 0.15) is 34.8 Å². The molecule has 0 amide bonds. The van der Waals surface area contributed by atoms with Crippen LogP contribution in [0.5, 0.6) is 0 Å². The molecule has 12 heteroatoms. The Labute approximate surface area is 212 Å². The molecule has 2 N–H and O–H groups in total. The Bertz CT molecular complexity index is 1190. The molecule has 0 aliphatic rings. The van der Waals surface area contributed by atoms with Crippen molar-refractivity contribution in [3.8, 4) is 22.5 Å². The number of carbonyl (C=O) groups excluding carboxylic acids is 2. The Hall–Kier alpha value is -3.12. The maximum absolute atomic E-state index is 11.8. The lowest BCUT2D eigenvalue weighted by Gasteiger charge is -2.02. The molecule has 4 rings (SSSR count). The maximum Gasteiger partial charge on any atom is 0.355 e. The molecule has 0 unspecified atom stereocenters. The fourth-order valence-electron chi connectivity index (χ4n) is 3.12. The first-order valence-electron chi connectivity index (χ1n) is 10.3. The fourth-order valence-corrected chi connectivity index (χ4v) is 4.16. The van der Waals surface area contributed by atoms with Crippen LogP contribution in [0.15, 0.2) is 45.9 Å². The zero-order valence-corrected chi connectivity index (χ0v) is 22.2. The normalized spacial score (nSPS) is 10.5. The number of rotatable bonds is 6. The van der Waals surface area contributed by atoms with Crippen molar-refractivity contribution in [1.29, 1.82) is 0 Å². The standard InChI is InChI=1S/2C11H12BrN3O2/c2*1-3-17-11(16)10-9(7(12)6-13-10)8-4-5-15(2)14-8/h2*4-6,13H,3H2,1-2H3. The summed E-state index contributed by atoms with van der Waals surface area (Å²) >= 11 is 6.79. The molecule has 0 aliphatic heterocycles. The molecule has 0 radical (unpaired) electrons. The van der Waals surface area contributed by atoms with E-state index in [9.17, 15) is 9.59 Å². The van der Waals surface area contributed by atoms with Crippen LogP contribution in [0.25, 0.3) is 22.5 Å². The molecule has 4 aromatic rings. The SMILES string of the molecule is CCOC(=O)c1[nH]cc(Br)c1-c1ccn(C)n1.CCOC(=O)c1[nH]cc(Br)c1-c1ccn(C)n1. The molecule has 10 nitrogen and oxygen atoms in total. The summed E-state index contributed by atoms with van der Waals surface area (Å²) in [5.74, 6) is -0.752. The van der Waals surface area contributed by atoms with Gasteiger partial charge in [0, 0.05) is 59.0 Å². The molecule has 180 valence electrons. The number of carbonyl (C=O) groups is 2. The number of esters is 2. The topological polar surface area (TPSA) is 120 Å². The molecule has 0 saturated carbocycles. The Kier molecular flexibility index (Phi) is 8.51. The summed E-state index contributed by atoms with van der Waals surface area (Å²) < 4.78 is 14.9. The van der Waals surface area contributed by atoms with Crippen LogP contribution in [-0.2, 0) is 23.6 Å². The van der Waals surface area contributed by atoms with E-state index < -0.39 is 0 Å². The third kappa shape index (κ3) is 5.68. The van der Waals surface area contributed by atoms with Gasteiger partial charge in [-0.15, -0.1) is 0 Å². The zero-order valence-electron chi connectivity index (χ0n) is 19.1. The Morgan fingerprint density at radius 3 is 1.50 bits per heavy atom. The van der Waals surface area contributed by atoms with Crippen molar-refractivity contribution in [1.82, 2.24) is 29.5 Å². The summed E-state index contributed by atoms with van der Waals surface area (Å²) in [6.45, 7) is 4.24. The third-order valence-electron chi connectivity index (χ3n) is 4.56. The minimum atomic E-state index is -0.376. The van der Waals surface area contributed by atoms with E-state index in [1.807, 2.05) is 38.6 Å². The van der Waals surface area contributed by atoms with Crippen LogP contribution in [0.3, 0.4) is 0 Å². The maximum atomic E-state index is 11.8. The molecule has 34 heavy (non-hydrogen) atoms. The van der Waals surface area contributed by atoms with E-state index in [0.29, 0.717) is 24.6 Å². The van der Waals surface area contributed by atoms with Gasteiger partial charge in [0.1, 0.15) is 11.4 Å². The summed E-state index contributed by atoms with van der Waals surface area (Å²) in [4.78, 5) is 29.3. The number of aryl methyl sites for hydroxylation is 2. The average molecular weight is 596 g/mol. The first-order chi connectivity index (χ1) is 16.3. The number of aromatic amines is 2. The first-order valence-corrected chi connectivity index (χ1v) is 11.9. The highest BCUT2D eigenvalue weighted by Gasteiger charge is 2.21. The Balaban J connectivity index is 0.000000191. The third-order valence-corrected chi connectivity index (χ3v) is 5.81. The van der Waals surface area contributed by atoms with E-state index in [-0.39, 0.29) is 11.9 Å². The number of H-pyrrole nitrogens is 2. The van der Waals surface area contributed by atoms with E-state index in [4.69, 9.17) is 9.47 Å². The highest BCUT2D eigenvalue weighted by molar-refractivity contribution is 9.11. The summed E-state index contributed by atoms with van der Waals surface area (Å²) in [6.07, 6.45) is 7.06. The van der Waals surface area contributed by atoms with Gasteiger partial charge in [0.05, 0.1) is 24.6 Å². The van der Waals surface area contributed by atoms with Gasteiger partial charge in [0.2, 0.25) is 0 Å². The van der Waals surface area contributed by atoms with Gasteiger partial charge in [0.25, 0.3) is 0 Å². The number of hydrogen-bond acceptors (Lipinski definition) is 6. The van der Waals surface area contributed by atoms with Gasteiger partial charge in [-0.3, -0.25) is 9.36 Å².